The minimum atomic E-state index is -1.21. The van der Waals surface area contributed by atoms with Crippen molar-refractivity contribution in [3.63, 3.8) is 0 Å². The van der Waals surface area contributed by atoms with Crippen LogP contribution >= 0.6 is 0 Å². The Kier molecular flexibility index (Phi) is 4.62. The van der Waals surface area contributed by atoms with E-state index in [4.69, 9.17) is 0 Å². The van der Waals surface area contributed by atoms with Crippen molar-refractivity contribution in [3.05, 3.63) is 60.2 Å². The molecule has 0 aromatic heterocycles. The SMILES string of the molecule is O=C1C=CC(=O)N1C(=O)NC(NC(=O)N1C(=O)C=CC1=O)c1ccccc1. The van der Waals surface area contributed by atoms with Gasteiger partial charge >= 0.3 is 12.1 Å². The lowest BCUT2D eigenvalue weighted by Gasteiger charge is -2.24. The third kappa shape index (κ3) is 3.49. The first-order valence-corrected chi connectivity index (χ1v) is 7.66. The number of nitrogens with one attached hydrogen (secondary N) is 2. The smallest absolute Gasteiger partial charge is 0.313 e. The molecule has 0 atom stereocenters. The van der Waals surface area contributed by atoms with Crippen LogP contribution < -0.4 is 10.6 Å². The maximum absolute atomic E-state index is 12.3. The van der Waals surface area contributed by atoms with Gasteiger partial charge in [-0.1, -0.05) is 30.3 Å². The van der Waals surface area contributed by atoms with Crippen LogP contribution in [0.3, 0.4) is 0 Å². The topological polar surface area (TPSA) is 133 Å². The predicted molar refractivity (Wildman–Crippen MR) is 88.2 cm³/mol. The molecular weight excluding hydrogens is 356 g/mol. The van der Waals surface area contributed by atoms with Crippen molar-refractivity contribution in [2.45, 2.75) is 6.17 Å². The number of benzene rings is 1. The summed E-state index contributed by atoms with van der Waals surface area (Å²) in [5, 5.41) is 4.65. The van der Waals surface area contributed by atoms with Crippen molar-refractivity contribution in [3.8, 4) is 0 Å². The van der Waals surface area contributed by atoms with Gasteiger partial charge in [-0.25, -0.2) is 9.59 Å². The summed E-state index contributed by atoms with van der Waals surface area (Å²) in [6.07, 6.45) is 2.53. The Morgan fingerprint density at radius 3 is 1.41 bits per heavy atom. The van der Waals surface area contributed by atoms with Gasteiger partial charge in [-0.2, -0.15) is 9.80 Å². The lowest BCUT2D eigenvalue weighted by Crippen LogP contribution is -2.52. The van der Waals surface area contributed by atoms with Gasteiger partial charge in [-0.15, -0.1) is 0 Å². The first kappa shape index (κ1) is 17.7. The number of amides is 8. The quantitative estimate of drug-likeness (QED) is 0.568. The van der Waals surface area contributed by atoms with Crippen molar-refractivity contribution in [1.29, 1.82) is 0 Å². The fraction of sp³-hybridized carbons (Fsp3) is 0.0588. The number of imide groups is 6. The monoisotopic (exact) mass is 368 g/mol. The minimum Gasteiger partial charge on any atom is -0.313 e. The minimum absolute atomic E-state index is 0.357. The van der Waals surface area contributed by atoms with E-state index in [1.807, 2.05) is 0 Å². The molecular formula is C17H12N4O6. The van der Waals surface area contributed by atoms with E-state index in [-0.39, 0.29) is 0 Å². The molecule has 0 saturated heterocycles. The summed E-state index contributed by atoms with van der Waals surface area (Å²) in [5.74, 6) is -3.32. The summed E-state index contributed by atoms with van der Waals surface area (Å²) in [4.78, 5) is 71.8. The van der Waals surface area contributed by atoms with Crippen LogP contribution in [0.15, 0.2) is 54.6 Å². The van der Waals surface area contributed by atoms with Crippen molar-refractivity contribution in [2.24, 2.45) is 0 Å². The average molecular weight is 368 g/mol. The van der Waals surface area contributed by atoms with E-state index in [2.05, 4.69) is 10.6 Å². The van der Waals surface area contributed by atoms with Crippen molar-refractivity contribution in [1.82, 2.24) is 20.4 Å². The Morgan fingerprint density at radius 2 is 1.04 bits per heavy atom. The molecule has 27 heavy (non-hydrogen) atoms. The van der Waals surface area contributed by atoms with Crippen molar-refractivity contribution >= 4 is 35.7 Å². The average Bonchev–Trinajstić information content (AvgIpc) is 3.16. The van der Waals surface area contributed by atoms with Gasteiger partial charge in [0.15, 0.2) is 0 Å². The highest BCUT2D eigenvalue weighted by atomic mass is 16.2. The second-order valence-corrected chi connectivity index (χ2v) is 5.43. The molecule has 0 radical (unpaired) electrons. The van der Waals surface area contributed by atoms with Crippen molar-refractivity contribution < 1.29 is 28.8 Å². The third-order valence-electron chi connectivity index (χ3n) is 3.69. The molecule has 1 aromatic rings. The molecule has 8 amide bonds. The second-order valence-electron chi connectivity index (χ2n) is 5.43. The molecule has 2 aliphatic rings. The molecule has 0 saturated carbocycles. The fourth-order valence-corrected chi connectivity index (χ4v) is 2.43. The molecule has 2 aliphatic heterocycles. The van der Waals surface area contributed by atoms with Crippen LogP contribution in [0.25, 0.3) is 0 Å². The molecule has 0 bridgehead atoms. The molecule has 2 heterocycles. The van der Waals surface area contributed by atoms with E-state index < -0.39 is 41.9 Å². The van der Waals surface area contributed by atoms with Crippen LogP contribution in [0, 0.1) is 0 Å². The van der Waals surface area contributed by atoms with Gasteiger partial charge in [0.05, 0.1) is 0 Å². The molecule has 0 unspecified atom stereocenters. The summed E-state index contributed by atoms with van der Waals surface area (Å²) in [6.45, 7) is 0. The molecule has 0 fully saturated rings. The second kappa shape index (κ2) is 7.04. The molecule has 0 spiro atoms. The Labute approximate surface area is 152 Å². The van der Waals surface area contributed by atoms with Gasteiger partial charge in [0, 0.05) is 24.3 Å². The van der Waals surface area contributed by atoms with Crippen LogP contribution in [0.2, 0.25) is 0 Å². The fourth-order valence-electron chi connectivity index (χ4n) is 2.43. The Morgan fingerprint density at radius 1 is 0.667 bits per heavy atom. The molecule has 0 aliphatic carbocycles. The summed E-state index contributed by atoms with van der Waals surface area (Å²) >= 11 is 0. The van der Waals surface area contributed by atoms with E-state index >= 15 is 0 Å². The first-order valence-electron chi connectivity index (χ1n) is 7.66. The van der Waals surface area contributed by atoms with Crippen LogP contribution in [-0.4, -0.2) is 45.5 Å². The standard InChI is InChI=1S/C17H12N4O6/c22-11-6-7-12(23)20(11)16(26)18-15(10-4-2-1-3-5-10)19-17(27)21-13(24)8-9-14(21)25/h1-9,15H,(H,18,26)(H,19,27). The highest BCUT2D eigenvalue weighted by Gasteiger charge is 2.34. The highest BCUT2D eigenvalue weighted by Crippen LogP contribution is 2.14. The van der Waals surface area contributed by atoms with E-state index in [0.29, 0.717) is 15.4 Å². The predicted octanol–water partition coefficient (Wildman–Crippen LogP) is -0.0456. The lowest BCUT2D eigenvalue weighted by atomic mass is 10.2. The Balaban J connectivity index is 1.80. The number of carbonyl (C=O) groups excluding carboxylic acids is 6. The number of hydrogen-bond acceptors (Lipinski definition) is 6. The zero-order valence-corrected chi connectivity index (χ0v) is 13.6. The molecule has 136 valence electrons. The lowest BCUT2D eigenvalue weighted by molar-refractivity contribution is -0.134. The van der Waals surface area contributed by atoms with Crippen LogP contribution in [0.1, 0.15) is 11.7 Å². The summed E-state index contributed by atoms with van der Waals surface area (Å²) in [5.41, 5.74) is 0.387. The number of hydrogen-bond donors (Lipinski definition) is 2. The van der Waals surface area contributed by atoms with E-state index in [0.717, 1.165) is 24.3 Å². The largest absolute Gasteiger partial charge is 0.333 e. The zero-order chi connectivity index (χ0) is 19.6. The van der Waals surface area contributed by atoms with Crippen LogP contribution in [0.4, 0.5) is 9.59 Å². The maximum atomic E-state index is 12.3. The zero-order valence-electron chi connectivity index (χ0n) is 13.6. The van der Waals surface area contributed by atoms with E-state index in [1.54, 1.807) is 30.3 Å². The van der Waals surface area contributed by atoms with Gasteiger partial charge in [-0.05, 0) is 5.56 Å². The third-order valence-corrected chi connectivity index (χ3v) is 3.69. The maximum Gasteiger partial charge on any atom is 0.333 e. The van der Waals surface area contributed by atoms with Gasteiger partial charge < -0.3 is 10.6 Å². The van der Waals surface area contributed by atoms with Gasteiger partial charge in [-0.3, -0.25) is 19.2 Å². The van der Waals surface area contributed by atoms with Gasteiger partial charge in [0.25, 0.3) is 23.6 Å². The van der Waals surface area contributed by atoms with Crippen LogP contribution in [-0.2, 0) is 19.2 Å². The molecule has 1 aromatic carbocycles. The number of rotatable bonds is 3. The highest BCUT2D eigenvalue weighted by molar-refractivity contribution is 6.23. The normalized spacial score (nSPS) is 15.9. The molecule has 2 N–H and O–H groups in total. The summed E-state index contributed by atoms with van der Waals surface area (Å²) in [7, 11) is 0. The number of nitrogens with zero attached hydrogens (tertiary/aromatic N) is 2. The molecule has 3 rings (SSSR count). The van der Waals surface area contributed by atoms with E-state index in [1.165, 1.54) is 0 Å². The number of carbonyl (C=O) groups is 6. The summed E-state index contributed by atoms with van der Waals surface area (Å²) < 4.78 is 0. The van der Waals surface area contributed by atoms with Crippen molar-refractivity contribution in [2.75, 3.05) is 0 Å². The van der Waals surface area contributed by atoms with E-state index in [9.17, 15) is 28.8 Å². The Bertz CT molecular complexity index is 829. The molecule has 10 nitrogen and oxygen atoms in total. The molecule has 10 heteroatoms. The van der Waals surface area contributed by atoms with Gasteiger partial charge in [0.1, 0.15) is 6.17 Å². The van der Waals surface area contributed by atoms with Gasteiger partial charge in [0.2, 0.25) is 0 Å². The Hall–Kier alpha value is -4.08. The first-order chi connectivity index (χ1) is 12.9. The van der Waals surface area contributed by atoms with Crippen LogP contribution in [0.5, 0.6) is 0 Å². The summed E-state index contributed by atoms with van der Waals surface area (Å²) in [6, 6.07) is 5.93. The number of urea groups is 2.